The van der Waals surface area contributed by atoms with Crippen LogP contribution in [0.5, 0.6) is 11.5 Å². The summed E-state index contributed by atoms with van der Waals surface area (Å²) in [5.74, 6) is 0.515. The second-order valence-electron chi connectivity index (χ2n) is 3.36. The molecule has 0 aliphatic heterocycles. The quantitative estimate of drug-likeness (QED) is 0.634. The van der Waals surface area contributed by atoms with Gasteiger partial charge >= 0.3 is 0 Å². The highest BCUT2D eigenvalue weighted by Crippen LogP contribution is 2.30. The van der Waals surface area contributed by atoms with Crippen LogP contribution in [0.25, 0.3) is 0 Å². The molecular weight excluding hydrogens is 224 g/mol. The number of hydrogen-bond acceptors (Lipinski definition) is 5. The summed E-state index contributed by atoms with van der Waals surface area (Å²) in [4.78, 5) is 4.27. The second-order valence-corrected chi connectivity index (χ2v) is 4.30. The number of hydrogen-bond donors (Lipinski definition) is 2. The smallest absolute Gasteiger partial charge is 0.146 e. The summed E-state index contributed by atoms with van der Waals surface area (Å²) < 4.78 is 5.48. The maximum atomic E-state index is 9.38. The molecule has 1 aromatic carbocycles. The van der Waals surface area contributed by atoms with E-state index in [-0.39, 0.29) is 11.4 Å². The maximum Gasteiger partial charge on any atom is 0.146 e. The van der Waals surface area contributed by atoms with Crippen molar-refractivity contribution in [3.63, 3.8) is 0 Å². The predicted octanol–water partition coefficient (Wildman–Crippen LogP) is 2.32. The Bertz CT molecular complexity index is 496. The van der Waals surface area contributed by atoms with Crippen LogP contribution in [0.1, 0.15) is 10.7 Å². The van der Waals surface area contributed by atoms with Gasteiger partial charge in [-0.25, -0.2) is 4.98 Å². The van der Waals surface area contributed by atoms with E-state index in [1.165, 1.54) is 17.4 Å². The van der Waals surface area contributed by atoms with Crippen molar-refractivity contribution in [1.29, 1.82) is 0 Å². The number of aromatic hydroxyl groups is 1. The summed E-state index contributed by atoms with van der Waals surface area (Å²) in [5.41, 5.74) is 6.90. The van der Waals surface area contributed by atoms with Crippen molar-refractivity contribution in [1.82, 2.24) is 4.98 Å². The maximum absolute atomic E-state index is 9.38. The number of thiazole rings is 1. The van der Waals surface area contributed by atoms with Crippen LogP contribution in [-0.4, -0.2) is 10.1 Å². The summed E-state index contributed by atoms with van der Waals surface area (Å²) in [6.07, 6.45) is 0. The molecule has 0 radical (unpaired) electrons. The Morgan fingerprint density at radius 3 is 3.00 bits per heavy atom. The molecule has 3 N–H and O–H groups in total. The Morgan fingerprint density at radius 1 is 1.50 bits per heavy atom. The van der Waals surface area contributed by atoms with E-state index in [0.29, 0.717) is 12.4 Å². The molecule has 0 amide bonds. The molecule has 0 fully saturated rings. The van der Waals surface area contributed by atoms with Crippen molar-refractivity contribution in [2.24, 2.45) is 0 Å². The largest absolute Gasteiger partial charge is 0.506 e. The number of nitrogen functional groups attached to an aromatic ring is 1. The van der Waals surface area contributed by atoms with Gasteiger partial charge in [0.2, 0.25) is 0 Å². The van der Waals surface area contributed by atoms with E-state index < -0.39 is 0 Å². The van der Waals surface area contributed by atoms with Gasteiger partial charge in [-0.2, -0.15) is 0 Å². The summed E-state index contributed by atoms with van der Waals surface area (Å²) in [7, 11) is 0. The van der Waals surface area contributed by atoms with Crippen LogP contribution < -0.4 is 10.5 Å². The lowest BCUT2D eigenvalue weighted by Crippen LogP contribution is -1.98. The fraction of sp³-hybridized carbons (Fsp3) is 0.182. The number of phenols is 1. The zero-order valence-electron chi connectivity index (χ0n) is 8.80. The minimum Gasteiger partial charge on any atom is -0.506 e. The van der Waals surface area contributed by atoms with Gasteiger partial charge in [0.25, 0.3) is 0 Å². The van der Waals surface area contributed by atoms with Gasteiger partial charge in [-0.3, -0.25) is 0 Å². The van der Waals surface area contributed by atoms with E-state index in [4.69, 9.17) is 10.5 Å². The second kappa shape index (κ2) is 4.40. The van der Waals surface area contributed by atoms with Crippen molar-refractivity contribution in [2.45, 2.75) is 13.5 Å². The van der Waals surface area contributed by atoms with Gasteiger partial charge in [0.1, 0.15) is 28.8 Å². The van der Waals surface area contributed by atoms with Gasteiger partial charge in [-0.1, -0.05) is 6.07 Å². The molecule has 0 saturated heterocycles. The van der Waals surface area contributed by atoms with Gasteiger partial charge in [-0.15, -0.1) is 11.3 Å². The normalized spacial score (nSPS) is 10.3. The Balaban J connectivity index is 2.07. The van der Waals surface area contributed by atoms with Crippen LogP contribution in [0.2, 0.25) is 0 Å². The van der Waals surface area contributed by atoms with Crippen LogP contribution in [0.15, 0.2) is 23.6 Å². The zero-order chi connectivity index (χ0) is 11.5. The summed E-state index contributed by atoms with van der Waals surface area (Å²) in [6.45, 7) is 2.30. The predicted molar refractivity (Wildman–Crippen MR) is 63.7 cm³/mol. The van der Waals surface area contributed by atoms with Gasteiger partial charge in [0, 0.05) is 11.1 Å². The molecule has 2 aromatic rings. The standard InChI is InChI=1S/C11H12N2O2S/c1-7-6-16-10(13-7)5-15-9-4-2-3-8(14)11(9)12/h2-4,6,14H,5,12H2,1H3. The van der Waals surface area contributed by atoms with Gasteiger partial charge in [0.15, 0.2) is 0 Å². The Morgan fingerprint density at radius 2 is 2.31 bits per heavy atom. The fourth-order valence-corrected chi connectivity index (χ4v) is 1.95. The lowest BCUT2D eigenvalue weighted by atomic mass is 10.3. The molecule has 84 valence electrons. The molecule has 1 aromatic heterocycles. The summed E-state index contributed by atoms with van der Waals surface area (Å²) in [5, 5.41) is 12.2. The topological polar surface area (TPSA) is 68.4 Å². The molecule has 1 heterocycles. The highest BCUT2D eigenvalue weighted by molar-refractivity contribution is 7.09. The van der Waals surface area contributed by atoms with Crippen molar-refractivity contribution in [3.8, 4) is 11.5 Å². The monoisotopic (exact) mass is 236 g/mol. The van der Waals surface area contributed by atoms with Crippen molar-refractivity contribution >= 4 is 17.0 Å². The van der Waals surface area contributed by atoms with E-state index in [2.05, 4.69) is 4.98 Å². The molecule has 0 bridgehead atoms. The molecule has 16 heavy (non-hydrogen) atoms. The Hall–Kier alpha value is -1.75. The highest BCUT2D eigenvalue weighted by atomic mass is 32.1. The Labute approximate surface area is 97.3 Å². The summed E-state index contributed by atoms with van der Waals surface area (Å²) in [6, 6.07) is 4.93. The lowest BCUT2D eigenvalue weighted by Gasteiger charge is -2.07. The third-order valence-corrected chi connectivity index (χ3v) is 3.00. The molecule has 0 spiro atoms. The number of phenolic OH excluding ortho intramolecular Hbond substituents is 1. The van der Waals surface area contributed by atoms with Crippen LogP contribution >= 0.6 is 11.3 Å². The molecule has 0 aliphatic rings. The number of para-hydroxylation sites is 1. The first kappa shape index (κ1) is 10.8. The number of aryl methyl sites for hydroxylation is 1. The van der Waals surface area contributed by atoms with Crippen molar-refractivity contribution in [3.05, 3.63) is 34.3 Å². The number of rotatable bonds is 3. The third kappa shape index (κ3) is 2.25. The SMILES string of the molecule is Cc1csc(COc2cccc(O)c2N)n1. The average molecular weight is 236 g/mol. The lowest BCUT2D eigenvalue weighted by molar-refractivity contribution is 0.305. The number of anilines is 1. The number of benzene rings is 1. The van der Waals surface area contributed by atoms with Crippen LogP contribution in [-0.2, 0) is 6.61 Å². The third-order valence-electron chi connectivity index (χ3n) is 2.06. The van der Waals surface area contributed by atoms with E-state index in [1.54, 1.807) is 12.1 Å². The molecule has 4 nitrogen and oxygen atoms in total. The molecule has 0 aliphatic carbocycles. The number of ether oxygens (including phenoxy) is 1. The molecule has 5 heteroatoms. The minimum absolute atomic E-state index is 0.0350. The van der Waals surface area contributed by atoms with Crippen molar-refractivity contribution in [2.75, 3.05) is 5.73 Å². The zero-order valence-corrected chi connectivity index (χ0v) is 9.62. The van der Waals surface area contributed by atoms with Crippen molar-refractivity contribution < 1.29 is 9.84 Å². The first-order valence-corrected chi connectivity index (χ1v) is 5.66. The van der Waals surface area contributed by atoms with Crippen LogP contribution in [0.3, 0.4) is 0 Å². The minimum atomic E-state index is 0.0350. The summed E-state index contributed by atoms with van der Waals surface area (Å²) >= 11 is 1.54. The van der Waals surface area contributed by atoms with E-state index in [9.17, 15) is 5.11 Å². The first-order valence-electron chi connectivity index (χ1n) is 4.78. The van der Waals surface area contributed by atoms with E-state index in [1.807, 2.05) is 12.3 Å². The number of nitrogens with two attached hydrogens (primary N) is 1. The van der Waals surface area contributed by atoms with Crippen LogP contribution in [0.4, 0.5) is 5.69 Å². The fourth-order valence-electron chi connectivity index (χ4n) is 1.27. The molecule has 0 unspecified atom stereocenters. The van der Waals surface area contributed by atoms with E-state index in [0.717, 1.165) is 10.7 Å². The molecule has 2 rings (SSSR count). The van der Waals surface area contributed by atoms with Gasteiger partial charge in [-0.05, 0) is 19.1 Å². The highest BCUT2D eigenvalue weighted by Gasteiger charge is 2.06. The first-order chi connectivity index (χ1) is 7.66. The molecule has 0 saturated carbocycles. The van der Waals surface area contributed by atoms with Crippen LogP contribution in [0, 0.1) is 6.92 Å². The average Bonchev–Trinajstić information content (AvgIpc) is 2.67. The number of aromatic nitrogens is 1. The van der Waals surface area contributed by atoms with Gasteiger partial charge in [0.05, 0.1) is 0 Å². The molecular formula is C11H12N2O2S. The number of nitrogens with zero attached hydrogens (tertiary/aromatic N) is 1. The van der Waals surface area contributed by atoms with Gasteiger partial charge < -0.3 is 15.6 Å². The van der Waals surface area contributed by atoms with E-state index >= 15 is 0 Å². The Kier molecular flexibility index (Phi) is 2.96. The molecule has 0 atom stereocenters.